The normalized spacial score (nSPS) is 25.3. The molecule has 1 saturated carbocycles. The summed E-state index contributed by atoms with van der Waals surface area (Å²) in [6.07, 6.45) is 3.06. The van der Waals surface area contributed by atoms with E-state index in [9.17, 15) is 14.7 Å². The van der Waals surface area contributed by atoms with Gasteiger partial charge in [-0.15, -0.1) is 0 Å². The van der Waals surface area contributed by atoms with Crippen molar-refractivity contribution in [1.29, 1.82) is 0 Å². The van der Waals surface area contributed by atoms with E-state index in [0.29, 0.717) is 19.0 Å². The fourth-order valence-electron chi connectivity index (χ4n) is 2.65. The van der Waals surface area contributed by atoms with Crippen molar-refractivity contribution < 1.29 is 14.7 Å². The third-order valence-corrected chi connectivity index (χ3v) is 4.61. The van der Waals surface area contributed by atoms with Crippen LogP contribution in [0, 0.1) is 5.41 Å². The van der Waals surface area contributed by atoms with Crippen LogP contribution in [0.15, 0.2) is 0 Å². The predicted octanol–water partition coefficient (Wildman–Crippen LogP) is 1.66. The molecule has 0 spiro atoms. The molecular weight excluding hydrogens is 270 g/mol. The van der Waals surface area contributed by atoms with Crippen molar-refractivity contribution in [3.8, 4) is 0 Å². The number of carboxylic acid groups (broad SMARTS) is 1. The topological polar surface area (TPSA) is 81.7 Å². The Morgan fingerprint density at radius 1 is 1.43 bits per heavy atom. The summed E-state index contributed by atoms with van der Waals surface area (Å²) < 4.78 is 0. The Kier molecular flexibility index (Phi) is 6.45. The Bertz CT molecular complexity index is 373. The highest BCUT2D eigenvalue weighted by Crippen LogP contribution is 2.38. The average molecular weight is 299 g/mol. The molecule has 0 aromatic heterocycles. The third kappa shape index (κ3) is 4.88. The standard InChI is InChI=1S/C15H29N3O3/c1-11(2)18(4)10-6-9-16-14(21)17-12-7-5-8-15(12,3)13(19)20/h11-12H,5-10H2,1-4H3,(H,19,20)(H2,16,17,21). The van der Waals surface area contributed by atoms with Gasteiger partial charge in [0.25, 0.3) is 0 Å². The Morgan fingerprint density at radius 2 is 2.10 bits per heavy atom. The van der Waals surface area contributed by atoms with Crippen LogP contribution in [-0.4, -0.2) is 54.2 Å². The van der Waals surface area contributed by atoms with Crippen LogP contribution in [0.3, 0.4) is 0 Å². The number of hydrogen-bond donors (Lipinski definition) is 3. The second-order valence-corrected chi connectivity index (χ2v) is 6.50. The summed E-state index contributed by atoms with van der Waals surface area (Å²) in [5, 5.41) is 14.9. The molecule has 0 aromatic rings. The molecule has 21 heavy (non-hydrogen) atoms. The maximum absolute atomic E-state index is 11.9. The smallest absolute Gasteiger partial charge is 0.315 e. The zero-order valence-corrected chi connectivity index (χ0v) is 13.6. The molecule has 1 rings (SSSR count). The Hall–Kier alpha value is -1.30. The number of aliphatic carboxylic acids is 1. The molecule has 122 valence electrons. The van der Waals surface area contributed by atoms with Crippen LogP contribution in [-0.2, 0) is 4.79 Å². The van der Waals surface area contributed by atoms with Gasteiger partial charge in [0, 0.05) is 18.6 Å². The Labute approximate surface area is 127 Å². The van der Waals surface area contributed by atoms with Gasteiger partial charge in [0.05, 0.1) is 5.41 Å². The summed E-state index contributed by atoms with van der Waals surface area (Å²) in [5.74, 6) is -0.830. The molecule has 6 heteroatoms. The zero-order valence-electron chi connectivity index (χ0n) is 13.6. The van der Waals surface area contributed by atoms with Crippen LogP contribution in [0.2, 0.25) is 0 Å². The molecule has 2 atom stereocenters. The highest BCUT2D eigenvalue weighted by molar-refractivity contribution is 5.79. The van der Waals surface area contributed by atoms with Crippen molar-refractivity contribution in [3.05, 3.63) is 0 Å². The Morgan fingerprint density at radius 3 is 2.67 bits per heavy atom. The van der Waals surface area contributed by atoms with Gasteiger partial charge in [-0.05, 0) is 53.6 Å². The van der Waals surface area contributed by atoms with E-state index in [0.717, 1.165) is 25.8 Å². The van der Waals surface area contributed by atoms with E-state index in [-0.39, 0.29) is 12.1 Å². The van der Waals surface area contributed by atoms with Gasteiger partial charge in [-0.25, -0.2) is 4.79 Å². The van der Waals surface area contributed by atoms with Gasteiger partial charge in [-0.2, -0.15) is 0 Å². The van der Waals surface area contributed by atoms with E-state index in [1.807, 2.05) is 0 Å². The van der Waals surface area contributed by atoms with Crippen molar-refractivity contribution in [1.82, 2.24) is 15.5 Å². The minimum absolute atomic E-state index is 0.262. The minimum Gasteiger partial charge on any atom is -0.481 e. The Balaban J connectivity index is 2.29. The van der Waals surface area contributed by atoms with Gasteiger partial charge in [0.2, 0.25) is 0 Å². The van der Waals surface area contributed by atoms with E-state index in [1.165, 1.54) is 0 Å². The lowest BCUT2D eigenvalue weighted by Gasteiger charge is -2.27. The maximum Gasteiger partial charge on any atom is 0.315 e. The summed E-state index contributed by atoms with van der Waals surface area (Å²) in [7, 11) is 2.06. The molecule has 0 aromatic carbocycles. The lowest BCUT2D eigenvalue weighted by Crippen LogP contribution is -2.50. The van der Waals surface area contributed by atoms with Gasteiger partial charge >= 0.3 is 12.0 Å². The SMILES string of the molecule is CC(C)N(C)CCCNC(=O)NC1CCCC1(C)C(=O)O. The fourth-order valence-corrected chi connectivity index (χ4v) is 2.65. The van der Waals surface area contributed by atoms with Gasteiger partial charge in [0.15, 0.2) is 0 Å². The molecule has 1 aliphatic rings. The van der Waals surface area contributed by atoms with Crippen molar-refractivity contribution in [2.24, 2.45) is 5.41 Å². The number of carboxylic acids is 1. The van der Waals surface area contributed by atoms with Crippen molar-refractivity contribution >= 4 is 12.0 Å². The third-order valence-electron chi connectivity index (χ3n) is 4.61. The van der Waals surface area contributed by atoms with Crippen molar-refractivity contribution in [3.63, 3.8) is 0 Å². The highest BCUT2D eigenvalue weighted by Gasteiger charge is 2.45. The second kappa shape index (κ2) is 7.64. The monoisotopic (exact) mass is 299 g/mol. The number of amides is 2. The molecule has 3 N–H and O–H groups in total. The predicted molar refractivity (Wildman–Crippen MR) is 82.3 cm³/mol. The van der Waals surface area contributed by atoms with Gasteiger partial charge in [-0.3, -0.25) is 4.79 Å². The van der Waals surface area contributed by atoms with Crippen LogP contribution in [0.1, 0.15) is 46.5 Å². The first-order chi connectivity index (χ1) is 9.77. The molecule has 1 fully saturated rings. The first-order valence-corrected chi connectivity index (χ1v) is 7.75. The van der Waals surface area contributed by atoms with Crippen LogP contribution < -0.4 is 10.6 Å². The number of nitrogens with one attached hydrogen (secondary N) is 2. The van der Waals surface area contributed by atoms with E-state index in [1.54, 1.807) is 6.92 Å². The quantitative estimate of drug-likeness (QED) is 0.624. The minimum atomic E-state index is -0.838. The lowest BCUT2D eigenvalue weighted by atomic mass is 9.85. The molecule has 1 aliphatic carbocycles. The first kappa shape index (κ1) is 17.8. The lowest BCUT2D eigenvalue weighted by molar-refractivity contribution is -0.148. The molecular formula is C15H29N3O3. The largest absolute Gasteiger partial charge is 0.481 e. The highest BCUT2D eigenvalue weighted by atomic mass is 16.4. The number of carbonyl (C=O) groups excluding carboxylic acids is 1. The summed E-state index contributed by atoms with van der Waals surface area (Å²) in [5.41, 5.74) is -0.838. The second-order valence-electron chi connectivity index (χ2n) is 6.50. The number of rotatable bonds is 7. The summed E-state index contributed by atoms with van der Waals surface area (Å²) >= 11 is 0. The summed E-state index contributed by atoms with van der Waals surface area (Å²) in [4.78, 5) is 25.4. The van der Waals surface area contributed by atoms with Gasteiger partial charge < -0.3 is 20.6 Å². The summed E-state index contributed by atoms with van der Waals surface area (Å²) in [6, 6.07) is -0.0523. The van der Waals surface area contributed by atoms with Crippen molar-refractivity contribution in [2.75, 3.05) is 20.1 Å². The number of urea groups is 1. The van der Waals surface area contributed by atoms with Gasteiger partial charge in [0.1, 0.15) is 0 Å². The van der Waals surface area contributed by atoms with Crippen LogP contribution in [0.25, 0.3) is 0 Å². The average Bonchev–Trinajstić information content (AvgIpc) is 2.77. The van der Waals surface area contributed by atoms with E-state index in [2.05, 4.69) is 36.4 Å². The van der Waals surface area contributed by atoms with Crippen molar-refractivity contribution in [2.45, 2.75) is 58.5 Å². The summed E-state index contributed by atoms with van der Waals surface area (Å²) in [6.45, 7) is 7.50. The molecule has 0 saturated heterocycles. The van der Waals surface area contributed by atoms with E-state index >= 15 is 0 Å². The van der Waals surface area contributed by atoms with E-state index < -0.39 is 11.4 Å². The number of carbonyl (C=O) groups is 2. The van der Waals surface area contributed by atoms with Crippen LogP contribution >= 0.6 is 0 Å². The van der Waals surface area contributed by atoms with Crippen LogP contribution in [0.5, 0.6) is 0 Å². The molecule has 0 aliphatic heterocycles. The first-order valence-electron chi connectivity index (χ1n) is 7.75. The molecule has 0 heterocycles. The fraction of sp³-hybridized carbons (Fsp3) is 0.867. The number of nitrogens with zero attached hydrogens (tertiary/aromatic N) is 1. The molecule has 2 unspecified atom stereocenters. The number of hydrogen-bond acceptors (Lipinski definition) is 3. The van der Waals surface area contributed by atoms with E-state index in [4.69, 9.17) is 0 Å². The molecule has 6 nitrogen and oxygen atoms in total. The molecule has 0 bridgehead atoms. The van der Waals surface area contributed by atoms with Gasteiger partial charge in [-0.1, -0.05) is 6.42 Å². The molecule has 2 amide bonds. The maximum atomic E-state index is 11.9. The zero-order chi connectivity index (χ0) is 16.0. The molecule has 0 radical (unpaired) electrons. The van der Waals surface area contributed by atoms with Crippen LogP contribution in [0.4, 0.5) is 4.79 Å².